The van der Waals surface area contributed by atoms with Crippen LogP contribution in [0, 0.1) is 5.92 Å². The summed E-state index contributed by atoms with van der Waals surface area (Å²) in [5.41, 5.74) is 12.5. The number of nitrogens with one attached hydrogen (secondary N) is 1. The molecule has 0 aliphatic rings. The van der Waals surface area contributed by atoms with Crippen LogP contribution >= 0.6 is 0 Å². The second-order valence-electron chi connectivity index (χ2n) is 3.21. The molecule has 1 heterocycles. The van der Waals surface area contributed by atoms with Crippen molar-refractivity contribution in [3.63, 3.8) is 0 Å². The van der Waals surface area contributed by atoms with Gasteiger partial charge in [-0.2, -0.15) is 0 Å². The molecule has 0 bridgehead atoms. The van der Waals surface area contributed by atoms with Crippen molar-refractivity contribution in [2.75, 3.05) is 6.54 Å². The van der Waals surface area contributed by atoms with Crippen LogP contribution in [0.1, 0.15) is 25.1 Å². The highest BCUT2D eigenvalue weighted by Gasteiger charge is 2.13. The van der Waals surface area contributed by atoms with Gasteiger partial charge in [0, 0.05) is 17.9 Å². The molecule has 12 heavy (non-hydrogen) atoms. The Morgan fingerprint density at radius 1 is 1.58 bits per heavy atom. The minimum Gasteiger partial charge on any atom is -0.364 e. The summed E-state index contributed by atoms with van der Waals surface area (Å²) in [6.07, 6.45) is 2.87. The Kier molecular flexibility index (Phi) is 3.31. The van der Waals surface area contributed by atoms with Gasteiger partial charge in [-0.25, -0.2) is 0 Å². The van der Waals surface area contributed by atoms with Gasteiger partial charge in [-0.15, -0.1) is 0 Å². The fourth-order valence-corrected chi connectivity index (χ4v) is 1.30. The second kappa shape index (κ2) is 4.28. The summed E-state index contributed by atoms with van der Waals surface area (Å²) >= 11 is 0. The fourth-order valence-electron chi connectivity index (χ4n) is 1.30. The number of nitrogens with two attached hydrogens (primary N) is 2. The minimum absolute atomic E-state index is 0.0866. The van der Waals surface area contributed by atoms with Crippen LogP contribution in [0.4, 0.5) is 0 Å². The lowest BCUT2D eigenvalue weighted by molar-refractivity contribution is 0.438. The van der Waals surface area contributed by atoms with E-state index in [2.05, 4.69) is 11.9 Å². The summed E-state index contributed by atoms with van der Waals surface area (Å²) in [4.78, 5) is 3.11. The average Bonchev–Trinajstić information content (AvgIpc) is 2.55. The zero-order valence-electron chi connectivity index (χ0n) is 7.46. The number of hydrogen-bond donors (Lipinski definition) is 3. The molecular formula is C9H17N3. The SMILES string of the molecule is CC(CCN)C(N)c1ccc[nH]1. The molecule has 1 aromatic rings. The molecule has 0 aromatic carbocycles. The quantitative estimate of drug-likeness (QED) is 0.626. The number of hydrogen-bond acceptors (Lipinski definition) is 2. The Bertz CT molecular complexity index is 206. The van der Waals surface area contributed by atoms with E-state index in [4.69, 9.17) is 11.5 Å². The molecule has 2 unspecified atom stereocenters. The number of aromatic nitrogens is 1. The van der Waals surface area contributed by atoms with Crippen LogP contribution in [0.15, 0.2) is 18.3 Å². The van der Waals surface area contributed by atoms with Gasteiger partial charge in [-0.3, -0.25) is 0 Å². The Morgan fingerprint density at radius 2 is 2.33 bits per heavy atom. The molecule has 3 heteroatoms. The highest BCUT2D eigenvalue weighted by Crippen LogP contribution is 2.19. The van der Waals surface area contributed by atoms with E-state index in [1.807, 2.05) is 18.3 Å². The van der Waals surface area contributed by atoms with Crippen LogP contribution in [0.3, 0.4) is 0 Å². The second-order valence-corrected chi connectivity index (χ2v) is 3.21. The number of rotatable bonds is 4. The maximum absolute atomic E-state index is 5.98. The van der Waals surface area contributed by atoms with E-state index < -0.39 is 0 Å². The molecule has 0 radical (unpaired) electrons. The van der Waals surface area contributed by atoms with Crippen molar-refractivity contribution in [3.8, 4) is 0 Å². The molecular weight excluding hydrogens is 150 g/mol. The van der Waals surface area contributed by atoms with Crippen LogP contribution in [-0.2, 0) is 0 Å². The molecule has 68 valence electrons. The van der Waals surface area contributed by atoms with E-state index in [1.54, 1.807) is 0 Å². The van der Waals surface area contributed by atoms with E-state index >= 15 is 0 Å². The van der Waals surface area contributed by atoms with Gasteiger partial charge in [0.25, 0.3) is 0 Å². The first-order chi connectivity index (χ1) is 5.75. The normalized spacial score (nSPS) is 15.9. The van der Waals surface area contributed by atoms with Gasteiger partial charge in [-0.1, -0.05) is 6.92 Å². The largest absolute Gasteiger partial charge is 0.364 e. The third-order valence-corrected chi connectivity index (χ3v) is 2.22. The van der Waals surface area contributed by atoms with Gasteiger partial charge in [-0.05, 0) is 31.0 Å². The number of H-pyrrole nitrogens is 1. The maximum Gasteiger partial charge on any atom is 0.0474 e. The topological polar surface area (TPSA) is 67.8 Å². The molecule has 0 spiro atoms. The molecule has 5 N–H and O–H groups in total. The Morgan fingerprint density at radius 3 is 2.83 bits per heavy atom. The maximum atomic E-state index is 5.98. The molecule has 1 rings (SSSR count). The third kappa shape index (κ3) is 2.09. The summed E-state index contributed by atoms with van der Waals surface area (Å²) < 4.78 is 0. The zero-order valence-corrected chi connectivity index (χ0v) is 7.46. The van der Waals surface area contributed by atoms with E-state index in [1.165, 1.54) is 0 Å². The van der Waals surface area contributed by atoms with Crippen LogP contribution in [0.5, 0.6) is 0 Å². The first-order valence-corrected chi connectivity index (χ1v) is 4.34. The summed E-state index contributed by atoms with van der Waals surface area (Å²) in [7, 11) is 0. The van der Waals surface area contributed by atoms with Gasteiger partial charge in [0.05, 0.1) is 0 Å². The lowest BCUT2D eigenvalue weighted by atomic mass is 9.97. The molecule has 0 fully saturated rings. The monoisotopic (exact) mass is 167 g/mol. The van der Waals surface area contributed by atoms with Crippen LogP contribution in [-0.4, -0.2) is 11.5 Å². The van der Waals surface area contributed by atoms with Gasteiger partial charge in [0.1, 0.15) is 0 Å². The molecule has 3 nitrogen and oxygen atoms in total. The first kappa shape index (κ1) is 9.29. The van der Waals surface area contributed by atoms with Gasteiger partial charge < -0.3 is 16.5 Å². The van der Waals surface area contributed by atoms with Crippen LogP contribution in [0.25, 0.3) is 0 Å². The van der Waals surface area contributed by atoms with Gasteiger partial charge in [0.15, 0.2) is 0 Å². The molecule has 0 aliphatic carbocycles. The highest BCUT2D eigenvalue weighted by atomic mass is 14.8. The predicted octanol–water partition coefficient (Wildman–Crippen LogP) is 0.999. The summed E-state index contributed by atoms with van der Waals surface area (Å²) in [6, 6.07) is 4.06. The van der Waals surface area contributed by atoms with E-state index in [-0.39, 0.29) is 6.04 Å². The smallest absolute Gasteiger partial charge is 0.0474 e. The molecule has 0 saturated carbocycles. The molecule has 2 atom stereocenters. The van der Waals surface area contributed by atoms with Crippen molar-refractivity contribution >= 4 is 0 Å². The fraction of sp³-hybridized carbons (Fsp3) is 0.556. The van der Waals surface area contributed by atoms with Crippen LogP contribution < -0.4 is 11.5 Å². The standard InChI is InChI=1S/C9H17N3/c1-7(4-5-10)9(11)8-3-2-6-12-8/h2-3,6-7,9,12H,4-5,10-11H2,1H3. The summed E-state index contributed by atoms with van der Waals surface area (Å²) in [5, 5.41) is 0. The van der Waals surface area contributed by atoms with Crippen molar-refractivity contribution in [1.82, 2.24) is 4.98 Å². The lowest BCUT2D eigenvalue weighted by Crippen LogP contribution is -2.21. The molecule has 0 saturated heterocycles. The van der Waals surface area contributed by atoms with E-state index in [0.717, 1.165) is 12.1 Å². The van der Waals surface area contributed by atoms with Gasteiger partial charge >= 0.3 is 0 Å². The molecule has 0 aliphatic heterocycles. The Hall–Kier alpha value is -0.800. The third-order valence-electron chi connectivity index (χ3n) is 2.22. The van der Waals surface area contributed by atoms with Crippen molar-refractivity contribution in [2.24, 2.45) is 17.4 Å². The van der Waals surface area contributed by atoms with Crippen molar-refractivity contribution in [2.45, 2.75) is 19.4 Å². The summed E-state index contributed by atoms with van der Waals surface area (Å²) in [6.45, 7) is 2.83. The number of aromatic amines is 1. The van der Waals surface area contributed by atoms with Gasteiger partial charge in [0.2, 0.25) is 0 Å². The average molecular weight is 167 g/mol. The first-order valence-electron chi connectivity index (χ1n) is 4.34. The molecule has 0 amide bonds. The van der Waals surface area contributed by atoms with Crippen molar-refractivity contribution in [1.29, 1.82) is 0 Å². The zero-order chi connectivity index (χ0) is 8.97. The van der Waals surface area contributed by atoms with Crippen LogP contribution in [0.2, 0.25) is 0 Å². The lowest BCUT2D eigenvalue weighted by Gasteiger charge is -2.17. The highest BCUT2D eigenvalue weighted by molar-refractivity contribution is 5.09. The minimum atomic E-state index is 0.0866. The Labute approximate surface area is 73.1 Å². The van der Waals surface area contributed by atoms with E-state index in [9.17, 15) is 0 Å². The van der Waals surface area contributed by atoms with E-state index in [0.29, 0.717) is 12.5 Å². The predicted molar refractivity (Wildman–Crippen MR) is 50.6 cm³/mol. The Balaban J connectivity index is 2.53. The van der Waals surface area contributed by atoms with Crippen molar-refractivity contribution in [3.05, 3.63) is 24.0 Å². The van der Waals surface area contributed by atoms with Crippen molar-refractivity contribution < 1.29 is 0 Å². The summed E-state index contributed by atoms with van der Waals surface area (Å²) in [5.74, 6) is 0.439. The molecule has 1 aromatic heterocycles.